The molecule has 0 saturated carbocycles. The van der Waals surface area contributed by atoms with Gasteiger partial charge in [-0.2, -0.15) is 0 Å². The van der Waals surface area contributed by atoms with Crippen LogP contribution >= 0.6 is 0 Å². The summed E-state index contributed by atoms with van der Waals surface area (Å²) in [6.45, 7) is 6.28. The number of nitrogens with one attached hydrogen (secondary N) is 1. The highest BCUT2D eigenvalue weighted by Crippen LogP contribution is 2.18. The number of aromatic nitrogens is 1. The van der Waals surface area contributed by atoms with E-state index in [0.717, 1.165) is 6.20 Å². The minimum Gasteiger partial charge on any atom is -0.363 e. The molecule has 4 heteroatoms. The average molecular weight is 224 g/mol. The number of pyridine rings is 1. The minimum absolute atomic E-state index is 0.00497. The summed E-state index contributed by atoms with van der Waals surface area (Å²) < 4.78 is 12.6. The molecule has 1 aromatic rings. The van der Waals surface area contributed by atoms with Crippen molar-refractivity contribution in [2.45, 2.75) is 27.2 Å². The lowest BCUT2D eigenvalue weighted by Crippen LogP contribution is -2.20. The molecule has 0 radical (unpaired) electrons. The SMILES string of the molecule is CC(C)(C)CC(=O)CNc1ccc(F)cn1. The third kappa shape index (κ3) is 4.87. The summed E-state index contributed by atoms with van der Waals surface area (Å²) in [5.74, 6) is 0.258. The summed E-state index contributed by atoms with van der Waals surface area (Å²) in [5, 5.41) is 2.87. The number of rotatable bonds is 4. The fraction of sp³-hybridized carbons (Fsp3) is 0.500. The Bertz CT molecular complexity index is 354. The number of carbonyl (C=O) groups is 1. The Morgan fingerprint density at radius 2 is 2.12 bits per heavy atom. The van der Waals surface area contributed by atoms with Crippen molar-refractivity contribution in [3.05, 3.63) is 24.1 Å². The molecule has 1 N–H and O–H groups in total. The van der Waals surface area contributed by atoms with E-state index in [0.29, 0.717) is 12.2 Å². The number of anilines is 1. The smallest absolute Gasteiger partial charge is 0.152 e. The summed E-state index contributed by atoms with van der Waals surface area (Å²) in [5.41, 5.74) is -0.00497. The van der Waals surface area contributed by atoms with E-state index in [1.807, 2.05) is 20.8 Å². The van der Waals surface area contributed by atoms with Crippen LogP contribution in [0.5, 0.6) is 0 Å². The molecule has 0 bridgehead atoms. The van der Waals surface area contributed by atoms with Crippen molar-refractivity contribution in [1.82, 2.24) is 4.98 Å². The van der Waals surface area contributed by atoms with Crippen LogP contribution in [-0.2, 0) is 4.79 Å². The van der Waals surface area contributed by atoms with Gasteiger partial charge in [-0.15, -0.1) is 0 Å². The lowest BCUT2D eigenvalue weighted by atomic mass is 9.90. The van der Waals surface area contributed by atoms with Gasteiger partial charge in [-0.1, -0.05) is 20.8 Å². The van der Waals surface area contributed by atoms with Crippen LogP contribution in [-0.4, -0.2) is 17.3 Å². The van der Waals surface area contributed by atoms with Gasteiger partial charge in [-0.3, -0.25) is 4.79 Å². The van der Waals surface area contributed by atoms with Crippen molar-refractivity contribution < 1.29 is 9.18 Å². The molecule has 16 heavy (non-hydrogen) atoms. The summed E-state index contributed by atoms with van der Waals surface area (Å²) in [6, 6.07) is 2.82. The Morgan fingerprint density at radius 3 is 2.62 bits per heavy atom. The summed E-state index contributed by atoms with van der Waals surface area (Å²) in [6.07, 6.45) is 1.64. The van der Waals surface area contributed by atoms with Crippen LogP contribution in [0, 0.1) is 11.2 Å². The van der Waals surface area contributed by atoms with Gasteiger partial charge in [0.1, 0.15) is 11.6 Å². The van der Waals surface area contributed by atoms with Crippen molar-refractivity contribution in [1.29, 1.82) is 0 Å². The maximum Gasteiger partial charge on any atom is 0.152 e. The fourth-order valence-corrected chi connectivity index (χ4v) is 1.32. The van der Waals surface area contributed by atoms with Gasteiger partial charge >= 0.3 is 0 Å². The molecule has 1 rings (SSSR count). The number of nitrogens with zero attached hydrogens (tertiary/aromatic N) is 1. The first-order valence-corrected chi connectivity index (χ1v) is 5.24. The topological polar surface area (TPSA) is 42.0 Å². The monoisotopic (exact) mass is 224 g/mol. The van der Waals surface area contributed by atoms with Crippen LogP contribution in [0.1, 0.15) is 27.2 Å². The molecule has 0 aromatic carbocycles. The summed E-state index contributed by atoms with van der Waals surface area (Å²) in [4.78, 5) is 15.3. The van der Waals surface area contributed by atoms with Crippen molar-refractivity contribution >= 4 is 11.6 Å². The maximum atomic E-state index is 12.6. The molecule has 0 saturated heterocycles. The highest BCUT2D eigenvalue weighted by molar-refractivity contribution is 5.83. The Labute approximate surface area is 95.1 Å². The number of Topliss-reactive ketones (excluding diaryl/α,β-unsaturated/α-hetero) is 1. The van der Waals surface area contributed by atoms with Gasteiger partial charge < -0.3 is 5.32 Å². The lowest BCUT2D eigenvalue weighted by Gasteiger charge is -2.16. The maximum absolute atomic E-state index is 12.6. The van der Waals surface area contributed by atoms with E-state index in [1.54, 1.807) is 0 Å². The van der Waals surface area contributed by atoms with Crippen LogP contribution in [0.25, 0.3) is 0 Å². The number of halogens is 1. The first-order valence-electron chi connectivity index (χ1n) is 5.24. The van der Waals surface area contributed by atoms with Crippen molar-refractivity contribution in [2.75, 3.05) is 11.9 Å². The molecule has 3 nitrogen and oxygen atoms in total. The second-order valence-electron chi connectivity index (χ2n) is 4.99. The van der Waals surface area contributed by atoms with Gasteiger partial charge in [-0.05, 0) is 17.5 Å². The molecule has 88 valence electrons. The largest absolute Gasteiger partial charge is 0.363 e. The van der Waals surface area contributed by atoms with E-state index in [-0.39, 0.29) is 23.6 Å². The van der Waals surface area contributed by atoms with Gasteiger partial charge in [0.15, 0.2) is 5.78 Å². The lowest BCUT2D eigenvalue weighted by molar-refractivity contribution is -0.119. The molecule has 0 fully saturated rings. The van der Waals surface area contributed by atoms with Crippen LogP contribution in [0.3, 0.4) is 0 Å². The number of hydrogen-bond acceptors (Lipinski definition) is 3. The molecule has 0 aliphatic heterocycles. The van der Waals surface area contributed by atoms with E-state index in [2.05, 4.69) is 10.3 Å². The third-order valence-corrected chi connectivity index (χ3v) is 1.92. The van der Waals surface area contributed by atoms with Crippen LogP contribution in [0.2, 0.25) is 0 Å². The molecule has 0 unspecified atom stereocenters. The zero-order valence-corrected chi connectivity index (χ0v) is 9.88. The van der Waals surface area contributed by atoms with E-state index in [9.17, 15) is 9.18 Å². The second-order valence-corrected chi connectivity index (χ2v) is 4.99. The molecule has 0 aliphatic carbocycles. The molecule has 1 heterocycles. The third-order valence-electron chi connectivity index (χ3n) is 1.92. The van der Waals surface area contributed by atoms with E-state index in [1.165, 1.54) is 12.1 Å². The van der Waals surface area contributed by atoms with E-state index < -0.39 is 0 Å². The van der Waals surface area contributed by atoms with Crippen LogP contribution in [0.15, 0.2) is 18.3 Å². The molecule has 0 amide bonds. The van der Waals surface area contributed by atoms with Crippen molar-refractivity contribution in [3.8, 4) is 0 Å². The number of hydrogen-bond donors (Lipinski definition) is 1. The minimum atomic E-state index is -0.383. The quantitative estimate of drug-likeness (QED) is 0.854. The fourth-order valence-electron chi connectivity index (χ4n) is 1.32. The molecular formula is C12H17FN2O. The highest BCUT2D eigenvalue weighted by atomic mass is 19.1. The Balaban J connectivity index is 2.40. The predicted molar refractivity (Wildman–Crippen MR) is 61.8 cm³/mol. The normalized spacial score (nSPS) is 11.2. The summed E-state index contributed by atoms with van der Waals surface area (Å²) >= 11 is 0. The predicted octanol–water partition coefficient (Wildman–Crippen LogP) is 2.64. The first-order chi connectivity index (χ1) is 7.37. The molecule has 0 spiro atoms. The van der Waals surface area contributed by atoms with E-state index in [4.69, 9.17) is 0 Å². The zero-order valence-electron chi connectivity index (χ0n) is 9.88. The van der Waals surface area contributed by atoms with Gasteiger partial charge in [0.05, 0.1) is 12.7 Å². The van der Waals surface area contributed by atoms with Gasteiger partial charge in [-0.25, -0.2) is 9.37 Å². The first kappa shape index (κ1) is 12.6. The summed E-state index contributed by atoms with van der Waals surface area (Å²) in [7, 11) is 0. The second kappa shape index (κ2) is 5.05. The van der Waals surface area contributed by atoms with Gasteiger partial charge in [0, 0.05) is 6.42 Å². The molecule has 1 aromatic heterocycles. The number of ketones is 1. The Kier molecular flexibility index (Phi) is 3.99. The van der Waals surface area contributed by atoms with Crippen LogP contribution < -0.4 is 5.32 Å². The number of carbonyl (C=O) groups excluding carboxylic acids is 1. The van der Waals surface area contributed by atoms with Crippen molar-refractivity contribution in [3.63, 3.8) is 0 Å². The van der Waals surface area contributed by atoms with Crippen molar-refractivity contribution in [2.24, 2.45) is 5.41 Å². The Morgan fingerprint density at radius 1 is 1.44 bits per heavy atom. The zero-order chi connectivity index (χ0) is 12.2. The average Bonchev–Trinajstić information content (AvgIpc) is 2.14. The van der Waals surface area contributed by atoms with Gasteiger partial charge in [0.25, 0.3) is 0 Å². The van der Waals surface area contributed by atoms with Crippen LogP contribution in [0.4, 0.5) is 10.2 Å². The molecule has 0 atom stereocenters. The standard InChI is InChI=1S/C12H17FN2O/c1-12(2,3)6-10(16)8-15-11-5-4-9(13)7-14-11/h4-5,7H,6,8H2,1-3H3,(H,14,15). The van der Waals surface area contributed by atoms with Gasteiger partial charge in [0.2, 0.25) is 0 Å². The molecule has 0 aliphatic rings. The highest BCUT2D eigenvalue weighted by Gasteiger charge is 2.15. The Hall–Kier alpha value is -1.45. The van der Waals surface area contributed by atoms with E-state index >= 15 is 0 Å². The molecular weight excluding hydrogens is 207 g/mol.